The van der Waals surface area contributed by atoms with Crippen molar-refractivity contribution in [3.05, 3.63) is 46.2 Å². The fraction of sp³-hybridized carbons (Fsp3) is 0.400. The van der Waals surface area contributed by atoms with Gasteiger partial charge in [-0.05, 0) is 71.8 Å². The Morgan fingerprint density at radius 1 is 0.696 bits per heavy atom. The topological polar surface area (TPSA) is 0 Å². The summed E-state index contributed by atoms with van der Waals surface area (Å²) in [6.45, 7) is 4.54. The number of hydrogen-bond acceptors (Lipinski definition) is 3. The van der Waals surface area contributed by atoms with Gasteiger partial charge in [0.05, 0.1) is 0 Å². The van der Waals surface area contributed by atoms with Crippen molar-refractivity contribution in [1.29, 1.82) is 0 Å². The molecule has 0 aliphatic rings. The molecule has 0 aliphatic carbocycles. The van der Waals surface area contributed by atoms with Gasteiger partial charge in [0.25, 0.3) is 0 Å². The van der Waals surface area contributed by atoms with Gasteiger partial charge in [-0.3, -0.25) is 0 Å². The van der Waals surface area contributed by atoms with Crippen LogP contribution >= 0.6 is 34.0 Å². The predicted molar refractivity (Wildman–Crippen MR) is 108 cm³/mol. The van der Waals surface area contributed by atoms with E-state index in [1.807, 2.05) is 34.0 Å². The van der Waals surface area contributed by atoms with Gasteiger partial charge in [0.15, 0.2) is 0 Å². The lowest BCUT2D eigenvalue weighted by molar-refractivity contribution is 0.798. The van der Waals surface area contributed by atoms with E-state index in [1.54, 1.807) is 0 Å². The van der Waals surface area contributed by atoms with Gasteiger partial charge in [0.1, 0.15) is 0 Å². The molecule has 0 aliphatic heterocycles. The van der Waals surface area contributed by atoms with Gasteiger partial charge in [0.2, 0.25) is 0 Å². The number of rotatable bonds is 8. The molecule has 0 bridgehead atoms. The molecule has 0 N–H and O–H groups in total. The summed E-state index contributed by atoms with van der Waals surface area (Å²) in [6, 6.07) is 9.27. The van der Waals surface area contributed by atoms with E-state index in [-0.39, 0.29) is 0 Å². The summed E-state index contributed by atoms with van der Waals surface area (Å²) >= 11 is 5.76. The standard InChI is InChI=1S/C20H24S3/c1-3-5-7-15-11-13-21-19(15)17-9-10-18(23-17)20-16(8-6-4-2)12-14-22-20/h9-14H,3-8H2,1-2H3. The second-order valence-electron chi connectivity index (χ2n) is 5.92. The highest BCUT2D eigenvalue weighted by Gasteiger charge is 2.13. The van der Waals surface area contributed by atoms with Gasteiger partial charge < -0.3 is 0 Å². The quantitative estimate of drug-likeness (QED) is 0.383. The van der Waals surface area contributed by atoms with Crippen molar-refractivity contribution in [2.75, 3.05) is 0 Å². The van der Waals surface area contributed by atoms with Crippen molar-refractivity contribution in [3.8, 4) is 19.5 Å². The summed E-state index contributed by atoms with van der Waals surface area (Å²) in [7, 11) is 0. The van der Waals surface area contributed by atoms with Crippen molar-refractivity contribution < 1.29 is 0 Å². The zero-order chi connectivity index (χ0) is 16.1. The average molecular weight is 361 g/mol. The summed E-state index contributed by atoms with van der Waals surface area (Å²) in [5.41, 5.74) is 3.06. The van der Waals surface area contributed by atoms with E-state index >= 15 is 0 Å². The van der Waals surface area contributed by atoms with Crippen molar-refractivity contribution in [1.82, 2.24) is 0 Å². The summed E-state index contributed by atoms with van der Waals surface area (Å²) in [5.74, 6) is 0. The van der Waals surface area contributed by atoms with E-state index in [0.29, 0.717) is 0 Å². The highest BCUT2D eigenvalue weighted by molar-refractivity contribution is 7.25. The maximum atomic E-state index is 2.32. The van der Waals surface area contributed by atoms with Crippen molar-refractivity contribution in [3.63, 3.8) is 0 Å². The van der Waals surface area contributed by atoms with E-state index in [2.05, 4.69) is 48.9 Å². The van der Waals surface area contributed by atoms with Gasteiger partial charge >= 0.3 is 0 Å². The second-order valence-corrected chi connectivity index (χ2v) is 8.84. The van der Waals surface area contributed by atoms with Crippen LogP contribution in [0.4, 0.5) is 0 Å². The van der Waals surface area contributed by atoms with Crippen molar-refractivity contribution >= 4 is 34.0 Å². The molecule has 0 spiro atoms. The molecule has 3 aromatic heterocycles. The summed E-state index contributed by atoms with van der Waals surface area (Å²) in [5, 5.41) is 4.50. The Bertz CT molecular complexity index is 669. The highest BCUT2D eigenvalue weighted by Crippen LogP contribution is 2.41. The van der Waals surface area contributed by atoms with Crippen molar-refractivity contribution in [2.24, 2.45) is 0 Å². The third kappa shape index (κ3) is 3.96. The van der Waals surface area contributed by atoms with Crippen LogP contribution < -0.4 is 0 Å². The Morgan fingerprint density at radius 2 is 1.17 bits per heavy atom. The monoisotopic (exact) mass is 360 g/mol. The molecule has 23 heavy (non-hydrogen) atoms. The molecule has 0 nitrogen and oxygen atoms in total. The Morgan fingerprint density at radius 3 is 1.61 bits per heavy atom. The molecule has 0 unspecified atom stereocenters. The normalized spacial score (nSPS) is 11.2. The lowest BCUT2D eigenvalue weighted by Gasteiger charge is -2.02. The zero-order valence-electron chi connectivity index (χ0n) is 13.9. The first-order valence-corrected chi connectivity index (χ1v) is 11.1. The van der Waals surface area contributed by atoms with Gasteiger partial charge in [0, 0.05) is 19.5 Å². The van der Waals surface area contributed by atoms with Crippen molar-refractivity contribution in [2.45, 2.75) is 52.4 Å². The van der Waals surface area contributed by atoms with Crippen LogP contribution in [0.15, 0.2) is 35.0 Å². The summed E-state index contributed by atoms with van der Waals surface area (Å²) in [4.78, 5) is 5.86. The van der Waals surface area contributed by atoms with E-state index in [9.17, 15) is 0 Å². The fourth-order valence-corrected chi connectivity index (χ4v) is 6.06. The van der Waals surface area contributed by atoms with Gasteiger partial charge in [-0.25, -0.2) is 0 Å². The molecule has 3 aromatic rings. The van der Waals surface area contributed by atoms with Gasteiger partial charge in [-0.2, -0.15) is 0 Å². The lowest BCUT2D eigenvalue weighted by atomic mass is 10.1. The van der Waals surface area contributed by atoms with Crippen LogP contribution in [0.5, 0.6) is 0 Å². The number of hydrogen-bond donors (Lipinski definition) is 0. The molecule has 0 fully saturated rings. The molecule has 0 aromatic carbocycles. The Hall–Kier alpha value is -0.900. The largest absolute Gasteiger partial charge is 0.143 e. The SMILES string of the molecule is CCCCc1ccsc1-c1ccc(-c2sccc2CCCC)s1. The van der Waals surface area contributed by atoms with Gasteiger partial charge in [-0.1, -0.05) is 26.7 Å². The maximum Gasteiger partial charge on any atom is 0.0474 e. The molecular weight excluding hydrogens is 336 g/mol. The third-order valence-corrected chi connectivity index (χ3v) is 7.51. The van der Waals surface area contributed by atoms with Crippen LogP contribution in [0.25, 0.3) is 19.5 Å². The highest BCUT2D eigenvalue weighted by atomic mass is 32.1. The second kappa shape index (κ2) is 8.27. The number of thiophene rings is 3. The van der Waals surface area contributed by atoms with Gasteiger partial charge in [-0.15, -0.1) is 34.0 Å². The first-order valence-electron chi connectivity index (χ1n) is 8.56. The minimum Gasteiger partial charge on any atom is -0.143 e. The lowest BCUT2D eigenvalue weighted by Crippen LogP contribution is -1.83. The van der Waals surface area contributed by atoms with Crippen LogP contribution in [0.3, 0.4) is 0 Å². The Labute approximate surface area is 151 Å². The Kier molecular flexibility index (Phi) is 6.09. The zero-order valence-corrected chi connectivity index (χ0v) is 16.4. The molecule has 0 radical (unpaired) electrons. The van der Waals surface area contributed by atoms with Crippen LogP contribution in [-0.2, 0) is 12.8 Å². The Balaban J connectivity index is 1.84. The molecule has 0 atom stereocenters. The summed E-state index contributed by atoms with van der Waals surface area (Å²) < 4.78 is 0. The fourth-order valence-electron chi connectivity index (χ4n) is 2.81. The molecule has 0 saturated heterocycles. The molecular formula is C20H24S3. The minimum absolute atomic E-state index is 1.21. The molecule has 3 heterocycles. The molecule has 3 rings (SSSR count). The maximum absolute atomic E-state index is 2.32. The van der Waals surface area contributed by atoms with E-state index in [4.69, 9.17) is 0 Å². The molecule has 3 heteroatoms. The van der Waals surface area contributed by atoms with Crippen LogP contribution in [0.2, 0.25) is 0 Å². The van der Waals surface area contributed by atoms with E-state index in [1.165, 1.54) is 69.2 Å². The summed E-state index contributed by atoms with van der Waals surface area (Å²) in [6.07, 6.45) is 7.52. The van der Waals surface area contributed by atoms with Crippen LogP contribution in [-0.4, -0.2) is 0 Å². The first-order chi connectivity index (χ1) is 11.3. The van der Waals surface area contributed by atoms with Crippen LogP contribution in [0.1, 0.15) is 50.7 Å². The smallest absolute Gasteiger partial charge is 0.0474 e. The minimum atomic E-state index is 1.21. The van der Waals surface area contributed by atoms with E-state index in [0.717, 1.165) is 0 Å². The molecule has 0 amide bonds. The molecule has 122 valence electrons. The van der Waals surface area contributed by atoms with Crippen LogP contribution in [0, 0.1) is 0 Å². The average Bonchev–Trinajstić information content (AvgIpc) is 3.29. The number of unbranched alkanes of at least 4 members (excludes halogenated alkanes) is 2. The molecule has 0 saturated carbocycles. The van der Waals surface area contributed by atoms with E-state index < -0.39 is 0 Å². The predicted octanol–water partition coefficient (Wildman–Crippen LogP) is 7.89. The first kappa shape index (κ1) is 16.9. The number of aryl methyl sites for hydroxylation is 2. The third-order valence-electron chi connectivity index (χ3n) is 4.15.